The molecule has 2 heterocycles. The molecule has 0 aliphatic carbocycles. The van der Waals surface area contributed by atoms with Crippen LogP contribution in [-0.2, 0) is 0 Å². The smallest absolute Gasteiger partial charge is 0.0108 e. The Hall–Kier alpha value is -0.520. The maximum Gasteiger partial charge on any atom is 0.0108 e. The van der Waals surface area contributed by atoms with Gasteiger partial charge in [-0.2, -0.15) is 0 Å². The van der Waals surface area contributed by atoms with Crippen LogP contribution < -0.4 is 56.5 Å². The van der Waals surface area contributed by atoms with Crippen LogP contribution in [0.4, 0.5) is 0 Å². The number of piperazine rings is 1. The van der Waals surface area contributed by atoms with Crippen molar-refractivity contribution in [3.05, 3.63) is 0 Å². The van der Waals surface area contributed by atoms with E-state index >= 15 is 0 Å². The van der Waals surface area contributed by atoms with Crippen LogP contribution >= 0.6 is 0 Å². The summed E-state index contributed by atoms with van der Waals surface area (Å²) in [6, 6.07) is 0. The van der Waals surface area contributed by atoms with Gasteiger partial charge in [0.25, 0.3) is 0 Å². The third-order valence-electron chi connectivity index (χ3n) is 8.58. The van der Waals surface area contributed by atoms with E-state index in [-0.39, 0.29) is 0 Å². The first kappa shape index (κ1) is 48.6. The predicted molar refractivity (Wildman–Crippen MR) is 206 cm³/mol. The number of nitrogens with zero attached hydrogens (tertiary/aromatic N) is 3. The number of likely N-dealkylation sites (tertiary alicyclic amines) is 1. The minimum Gasteiger partial charge on any atom is -0.330 e. The number of unbranched alkanes of at least 4 members (excludes halogenated alkanes) is 6. The Bertz CT molecular complexity index is 535. The summed E-state index contributed by atoms with van der Waals surface area (Å²) in [5.74, 6) is 0.969. The molecule has 0 bridgehead atoms. The second-order valence-corrected chi connectivity index (χ2v) is 12.7. The fourth-order valence-electron chi connectivity index (χ4n) is 5.66. The molecule has 0 atom stereocenters. The van der Waals surface area contributed by atoms with Crippen molar-refractivity contribution in [1.82, 2.24) is 25.3 Å². The lowest BCUT2D eigenvalue weighted by atomic mass is 9.91. The van der Waals surface area contributed by atoms with Gasteiger partial charge in [0.1, 0.15) is 0 Å². The molecule has 2 rings (SSSR count). The topological polar surface area (TPSA) is 242 Å². The number of hydrogen-bond donors (Lipinski definition) is 10. The Morgan fingerprint density at radius 2 is 1.00 bits per heavy atom. The maximum absolute atomic E-state index is 5.55. The van der Waals surface area contributed by atoms with E-state index in [1.165, 1.54) is 96.9 Å². The van der Waals surface area contributed by atoms with E-state index in [1.54, 1.807) is 0 Å². The molecular weight excluding hydrogens is 590 g/mol. The maximum atomic E-state index is 5.55. The molecule has 0 aromatic carbocycles. The molecule has 2 fully saturated rings. The minimum atomic E-state index is 0.688. The summed E-state index contributed by atoms with van der Waals surface area (Å²) in [7, 11) is 0. The normalized spacial score (nSPS) is 15.8. The van der Waals surface area contributed by atoms with Crippen molar-refractivity contribution in [3.63, 3.8) is 0 Å². The molecule has 0 unspecified atom stereocenters. The highest BCUT2D eigenvalue weighted by molar-refractivity contribution is 4.72. The van der Waals surface area contributed by atoms with Crippen molar-refractivity contribution >= 4 is 0 Å². The van der Waals surface area contributed by atoms with E-state index in [0.29, 0.717) is 19.6 Å². The molecule has 2 aliphatic rings. The first-order chi connectivity index (χ1) is 23.1. The van der Waals surface area contributed by atoms with Gasteiger partial charge in [-0.15, -0.1) is 0 Å². The summed E-state index contributed by atoms with van der Waals surface area (Å²) < 4.78 is 0. The summed E-state index contributed by atoms with van der Waals surface area (Å²) >= 11 is 0. The molecule has 47 heavy (non-hydrogen) atoms. The number of rotatable bonds is 25. The zero-order valence-corrected chi connectivity index (χ0v) is 30.9. The molecule has 13 heteroatoms. The Morgan fingerprint density at radius 1 is 0.489 bits per heavy atom. The third kappa shape index (κ3) is 36.6. The lowest BCUT2D eigenvalue weighted by Gasteiger charge is -2.31. The Morgan fingerprint density at radius 3 is 1.49 bits per heavy atom. The van der Waals surface area contributed by atoms with Gasteiger partial charge in [-0.05, 0) is 96.7 Å². The zero-order valence-electron chi connectivity index (χ0n) is 30.9. The van der Waals surface area contributed by atoms with Crippen LogP contribution in [0.3, 0.4) is 0 Å². The van der Waals surface area contributed by atoms with Gasteiger partial charge in [0, 0.05) is 91.6 Å². The predicted octanol–water partition coefficient (Wildman–Crippen LogP) is -0.975. The highest BCUT2D eigenvalue weighted by atomic mass is 15.2. The summed E-state index contributed by atoms with van der Waals surface area (Å²) in [6.45, 7) is 20.5. The van der Waals surface area contributed by atoms with Crippen LogP contribution in [0.1, 0.15) is 77.0 Å². The van der Waals surface area contributed by atoms with Crippen molar-refractivity contribution in [3.8, 4) is 0 Å². The van der Waals surface area contributed by atoms with Crippen LogP contribution in [0, 0.1) is 5.92 Å². The van der Waals surface area contributed by atoms with E-state index in [9.17, 15) is 0 Å². The van der Waals surface area contributed by atoms with E-state index in [1.807, 2.05) is 0 Å². The van der Waals surface area contributed by atoms with Crippen LogP contribution in [0.2, 0.25) is 0 Å². The molecule has 2 saturated heterocycles. The van der Waals surface area contributed by atoms with Crippen LogP contribution in [0.5, 0.6) is 0 Å². The lowest BCUT2D eigenvalue weighted by molar-refractivity contribution is 0.181. The summed E-state index contributed by atoms with van der Waals surface area (Å²) in [6.07, 6.45) is 15.3. The highest BCUT2D eigenvalue weighted by Gasteiger charge is 2.17. The van der Waals surface area contributed by atoms with Crippen molar-refractivity contribution < 1.29 is 0 Å². The molecular formula is C34H85N13. The molecule has 18 N–H and O–H groups in total. The van der Waals surface area contributed by atoms with E-state index in [4.69, 9.17) is 45.9 Å². The molecule has 0 amide bonds. The Balaban J connectivity index is 0. The third-order valence-corrected chi connectivity index (χ3v) is 8.58. The summed E-state index contributed by atoms with van der Waals surface area (Å²) in [4.78, 5) is 7.28. The van der Waals surface area contributed by atoms with Gasteiger partial charge >= 0.3 is 0 Å². The van der Waals surface area contributed by atoms with Gasteiger partial charge < -0.3 is 66.3 Å². The fraction of sp³-hybridized carbons (Fsp3) is 1.00. The largest absolute Gasteiger partial charge is 0.330 e. The lowest BCUT2D eigenvalue weighted by Crippen LogP contribution is -2.43. The molecule has 0 saturated carbocycles. The van der Waals surface area contributed by atoms with Gasteiger partial charge in [0.15, 0.2) is 0 Å². The van der Waals surface area contributed by atoms with Crippen molar-refractivity contribution in [2.24, 2.45) is 51.8 Å². The average Bonchev–Trinajstić information content (AvgIpc) is 3.10. The number of piperidine rings is 1. The molecule has 0 radical (unpaired) electrons. The summed E-state index contributed by atoms with van der Waals surface area (Å²) in [5, 5.41) is 6.59. The SMILES string of the molecule is NCCCCCC1CCN(CCN)CC1.NCCCCCN.NCCCCCN1CCNCC1.NCCNCCN(CCN)CCN. The molecule has 0 spiro atoms. The van der Waals surface area contributed by atoms with E-state index in [0.717, 1.165) is 104 Å². The van der Waals surface area contributed by atoms with Crippen molar-refractivity contribution in [2.75, 3.05) is 137 Å². The summed E-state index contributed by atoms with van der Waals surface area (Å²) in [5.41, 5.74) is 43.2. The quantitative estimate of drug-likeness (QED) is 0.0524. The van der Waals surface area contributed by atoms with Gasteiger partial charge in [-0.1, -0.05) is 32.1 Å². The van der Waals surface area contributed by atoms with Gasteiger partial charge in [0.05, 0.1) is 0 Å². The molecule has 2 aliphatic heterocycles. The van der Waals surface area contributed by atoms with Crippen molar-refractivity contribution in [1.29, 1.82) is 0 Å². The first-order valence-electron chi connectivity index (χ1n) is 19.3. The minimum absolute atomic E-state index is 0.688. The van der Waals surface area contributed by atoms with Gasteiger partial charge in [0.2, 0.25) is 0 Å². The molecule has 286 valence electrons. The molecule has 13 nitrogen and oxygen atoms in total. The average molecular weight is 676 g/mol. The molecule has 0 aromatic heterocycles. The monoisotopic (exact) mass is 676 g/mol. The van der Waals surface area contributed by atoms with E-state index in [2.05, 4.69) is 25.3 Å². The number of nitrogens with one attached hydrogen (secondary N) is 2. The zero-order chi connectivity index (χ0) is 35.1. The number of nitrogens with two attached hydrogens (primary N) is 8. The second-order valence-electron chi connectivity index (χ2n) is 12.7. The Kier molecular flexibility index (Phi) is 43.1. The standard InChI is InChI=1S/C12H27N3.C9H21N3.C8H23N5.C5H14N2/c13-7-3-1-2-4-12-5-9-15(10-6-12)11-8-14;10-4-2-1-3-7-12-8-5-11-6-9-12;9-1-4-12-5-8-13(6-2-10)7-3-11;6-4-2-1-3-5-7/h12H,1-11,13-14H2;11H,1-10H2;12H,1-11H2;1-7H2. The molecule has 0 aromatic rings. The van der Waals surface area contributed by atoms with Crippen molar-refractivity contribution in [2.45, 2.75) is 77.0 Å². The van der Waals surface area contributed by atoms with Crippen LogP contribution in [0.15, 0.2) is 0 Å². The van der Waals surface area contributed by atoms with Gasteiger partial charge in [-0.25, -0.2) is 0 Å². The highest BCUT2D eigenvalue weighted by Crippen LogP contribution is 2.22. The number of hydrogen-bond acceptors (Lipinski definition) is 13. The van der Waals surface area contributed by atoms with Crippen LogP contribution in [0.25, 0.3) is 0 Å². The van der Waals surface area contributed by atoms with Gasteiger partial charge in [-0.3, -0.25) is 4.90 Å². The van der Waals surface area contributed by atoms with E-state index < -0.39 is 0 Å². The first-order valence-corrected chi connectivity index (χ1v) is 19.3. The van der Waals surface area contributed by atoms with Crippen LogP contribution in [-0.4, -0.2) is 152 Å². The second kappa shape index (κ2) is 41.7. The fourth-order valence-corrected chi connectivity index (χ4v) is 5.66. The Labute approximate surface area is 291 Å².